The number of methoxy groups -OCH3 is 1. The van der Waals surface area contributed by atoms with E-state index < -0.39 is 6.10 Å². The van der Waals surface area contributed by atoms with E-state index in [1.807, 2.05) is 17.0 Å². The standard InChI is InChI=1S/C30H35N3O4/c1-36-25-8-7-21-16-31(12-11-30-10-9-24(34)14-26(30)37-29(25)28(21)30)27(35)19-33-18-22-13-23(33)17-32(22)15-20-5-3-2-4-6-20/h2-10,22-24,26,34H,11-19H2,1H3/t22?,23?,24-,26?,30?/m0/s1. The van der Waals surface area contributed by atoms with Crippen molar-refractivity contribution in [3.8, 4) is 11.5 Å². The van der Waals surface area contributed by atoms with Crippen molar-refractivity contribution >= 4 is 5.91 Å². The van der Waals surface area contributed by atoms with Gasteiger partial charge in [0, 0.05) is 56.8 Å². The second kappa shape index (κ2) is 8.86. The summed E-state index contributed by atoms with van der Waals surface area (Å²) >= 11 is 0. The van der Waals surface area contributed by atoms with Crippen molar-refractivity contribution in [2.24, 2.45) is 0 Å². The molecular weight excluding hydrogens is 466 g/mol. The highest BCUT2D eigenvalue weighted by Gasteiger charge is 2.53. The minimum absolute atomic E-state index is 0.141. The number of aliphatic hydroxyl groups is 1. The van der Waals surface area contributed by atoms with Crippen molar-refractivity contribution in [1.29, 1.82) is 0 Å². The molecule has 37 heavy (non-hydrogen) atoms. The van der Waals surface area contributed by atoms with Gasteiger partial charge in [-0.15, -0.1) is 0 Å². The summed E-state index contributed by atoms with van der Waals surface area (Å²) < 4.78 is 12.0. The van der Waals surface area contributed by atoms with Gasteiger partial charge >= 0.3 is 0 Å². The summed E-state index contributed by atoms with van der Waals surface area (Å²) in [5.41, 5.74) is 3.31. The number of ether oxygens (including phenoxy) is 2. The van der Waals surface area contributed by atoms with Gasteiger partial charge in [0.05, 0.1) is 25.2 Å². The van der Waals surface area contributed by atoms with Crippen LogP contribution in [0, 0.1) is 0 Å². The van der Waals surface area contributed by atoms with Crippen LogP contribution in [-0.4, -0.2) is 83.3 Å². The molecule has 5 atom stereocenters. The van der Waals surface area contributed by atoms with Gasteiger partial charge in [0.1, 0.15) is 6.10 Å². The minimum atomic E-state index is -0.507. The van der Waals surface area contributed by atoms with Gasteiger partial charge in [0.25, 0.3) is 0 Å². The van der Waals surface area contributed by atoms with Gasteiger partial charge in [-0.2, -0.15) is 0 Å². The summed E-state index contributed by atoms with van der Waals surface area (Å²) in [5.74, 6) is 1.72. The molecule has 4 heterocycles. The van der Waals surface area contributed by atoms with Crippen molar-refractivity contribution in [2.45, 2.75) is 62.1 Å². The largest absolute Gasteiger partial charge is 0.493 e. The third-order valence-corrected chi connectivity index (χ3v) is 9.34. The SMILES string of the molecule is COc1ccc2c3c1OC1C[C@@H](O)C=CC31CCN(C(=O)CN1CC3CC1CN3Cc1ccccc1)C2. The smallest absolute Gasteiger partial charge is 0.237 e. The van der Waals surface area contributed by atoms with E-state index in [1.165, 1.54) is 5.56 Å². The first-order valence-electron chi connectivity index (χ1n) is 13.6. The number of nitrogens with zero attached hydrogens (tertiary/aromatic N) is 3. The molecule has 0 radical (unpaired) electrons. The van der Waals surface area contributed by atoms with E-state index in [-0.39, 0.29) is 17.4 Å². The lowest BCUT2D eigenvalue weighted by Gasteiger charge is -2.36. The van der Waals surface area contributed by atoms with Crippen LogP contribution in [0.4, 0.5) is 0 Å². The molecule has 2 aromatic carbocycles. The Kier molecular flexibility index (Phi) is 5.57. The van der Waals surface area contributed by atoms with Crippen molar-refractivity contribution in [3.05, 3.63) is 71.3 Å². The number of piperazine rings is 1. The zero-order chi connectivity index (χ0) is 25.1. The molecule has 1 spiro atoms. The van der Waals surface area contributed by atoms with E-state index in [4.69, 9.17) is 9.47 Å². The van der Waals surface area contributed by atoms with Crippen LogP contribution in [0.2, 0.25) is 0 Å². The fourth-order valence-electron chi connectivity index (χ4n) is 7.46. The van der Waals surface area contributed by atoms with E-state index in [0.717, 1.165) is 55.1 Å². The number of likely N-dealkylation sites (tertiary alicyclic amines) is 2. The van der Waals surface area contributed by atoms with E-state index in [2.05, 4.69) is 52.3 Å². The molecule has 1 aliphatic carbocycles. The highest BCUT2D eigenvalue weighted by Crippen LogP contribution is 2.55. The van der Waals surface area contributed by atoms with Crippen LogP contribution in [0.25, 0.3) is 0 Å². The van der Waals surface area contributed by atoms with Crippen LogP contribution >= 0.6 is 0 Å². The number of carbonyl (C=O) groups is 1. The molecule has 0 saturated carbocycles. The van der Waals surface area contributed by atoms with Gasteiger partial charge in [-0.3, -0.25) is 14.6 Å². The number of aliphatic hydroxyl groups excluding tert-OH is 1. The van der Waals surface area contributed by atoms with E-state index in [0.29, 0.717) is 38.1 Å². The topological polar surface area (TPSA) is 65.5 Å². The third kappa shape index (κ3) is 3.78. The van der Waals surface area contributed by atoms with Gasteiger partial charge in [0.15, 0.2) is 11.5 Å². The summed E-state index contributed by atoms with van der Waals surface area (Å²) in [5, 5.41) is 10.3. The summed E-state index contributed by atoms with van der Waals surface area (Å²) in [6, 6.07) is 15.7. The van der Waals surface area contributed by atoms with Crippen molar-refractivity contribution in [1.82, 2.24) is 14.7 Å². The van der Waals surface area contributed by atoms with E-state index in [1.54, 1.807) is 7.11 Å². The van der Waals surface area contributed by atoms with Crippen LogP contribution in [0.3, 0.4) is 0 Å². The second-order valence-electron chi connectivity index (χ2n) is 11.4. The molecule has 0 aromatic heterocycles. The number of hydrogen-bond donors (Lipinski definition) is 1. The first kappa shape index (κ1) is 23.3. The molecule has 2 fully saturated rings. The van der Waals surface area contributed by atoms with Crippen LogP contribution in [0.1, 0.15) is 36.0 Å². The number of carbonyl (C=O) groups excluding carboxylic acids is 1. The Hall–Kier alpha value is -2.87. The van der Waals surface area contributed by atoms with Gasteiger partial charge < -0.3 is 19.5 Å². The van der Waals surface area contributed by atoms with Crippen LogP contribution in [-0.2, 0) is 23.3 Å². The zero-order valence-corrected chi connectivity index (χ0v) is 21.4. The Morgan fingerprint density at radius 2 is 1.92 bits per heavy atom. The number of benzene rings is 2. The zero-order valence-electron chi connectivity index (χ0n) is 21.4. The predicted molar refractivity (Wildman–Crippen MR) is 140 cm³/mol. The van der Waals surface area contributed by atoms with E-state index in [9.17, 15) is 9.90 Å². The molecule has 2 aromatic rings. The molecule has 1 N–H and O–H groups in total. The Bertz CT molecular complexity index is 1230. The van der Waals surface area contributed by atoms with Crippen molar-refractivity contribution in [3.63, 3.8) is 0 Å². The molecule has 2 bridgehead atoms. The second-order valence-corrected chi connectivity index (χ2v) is 11.4. The van der Waals surface area contributed by atoms with Crippen molar-refractivity contribution in [2.75, 3.05) is 33.3 Å². The van der Waals surface area contributed by atoms with Gasteiger partial charge in [-0.1, -0.05) is 48.6 Å². The number of rotatable bonds is 5. The monoisotopic (exact) mass is 501 g/mol. The molecule has 7 rings (SSSR count). The third-order valence-electron chi connectivity index (χ3n) is 9.34. The van der Waals surface area contributed by atoms with Gasteiger partial charge in [0.2, 0.25) is 5.91 Å². The highest BCUT2D eigenvalue weighted by molar-refractivity contribution is 5.79. The van der Waals surface area contributed by atoms with Gasteiger partial charge in [-0.05, 0) is 30.0 Å². The van der Waals surface area contributed by atoms with Crippen LogP contribution in [0.15, 0.2) is 54.6 Å². The summed E-state index contributed by atoms with van der Waals surface area (Å²) in [6.07, 6.45) is 5.88. The normalized spacial score (nSPS) is 32.1. The lowest BCUT2D eigenvalue weighted by atomic mass is 9.69. The quantitative estimate of drug-likeness (QED) is 0.636. The molecule has 2 saturated heterocycles. The fourth-order valence-corrected chi connectivity index (χ4v) is 7.46. The molecule has 7 nitrogen and oxygen atoms in total. The summed E-state index contributed by atoms with van der Waals surface area (Å²) in [4.78, 5) is 20.7. The molecule has 4 unspecified atom stereocenters. The maximum Gasteiger partial charge on any atom is 0.237 e. The Morgan fingerprint density at radius 1 is 1.11 bits per heavy atom. The first-order valence-corrected chi connectivity index (χ1v) is 13.6. The molecular formula is C30H35N3O4. The Morgan fingerprint density at radius 3 is 2.70 bits per heavy atom. The van der Waals surface area contributed by atoms with Crippen LogP contribution < -0.4 is 9.47 Å². The average molecular weight is 502 g/mol. The molecule has 1 amide bonds. The van der Waals surface area contributed by atoms with E-state index >= 15 is 0 Å². The summed E-state index contributed by atoms with van der Waals surface area (Å²) in [6.45, 7) is 4.74. The predicted octanol–water partition coefficient (Wildman–Crippen LogP) is 2.71. The number of amides is 1. The van der Waals surface area contributed by atoms with Crippen LogP contribution in [0.5, 0.6) is 11.5 Å². The minimum Gasteiger partial charge on any atom is -0.493 e. The summed E-state index contributed by atoms with van der Waals surface area (Å²) in [7, 11) is 1.66. The molecule has 194 valence electrons. The lowest BCUT2D eigenvalue weighted by molar-refractivity contribution is -0.133. The lowest BCUT2D eigenvalue weighted by Crippen LogP contribution is -2.50. The Labute approximate surface area is 218 Å². The Balaban J connectivity index is 1.07. The fraction of sp³-hybridized carbons (Fsp3) is 0.500. The number of fused-ring (bicyclic) bond motifs is 2. The average Bonchev–Trinajstić information content (AvgIpc) is 3.54. The maximum atomic E-state index is 13.7. The highest BCUT2D eigenvalue weighted by atomic mass is 16.5. The molecule has 5 aliphatic rings. The maximum absolute atomic E-state index is 13.7. The first-order chi connectivity index (χ1) is 18.0. The van der Waals surface area contributed by atoms with Gasteiger partial charge in [-0.25, -0.2) is 0 Å². The van der Waals surface area contributed by atoms with Crippen molar-refractivity contribution < 1.29 is 19.4 Å². The molecule has 7 heteroatoms. The molecule has 4 aliphatic heterocycles. The number of hydrogen-bond acceptors (Lipinski definition) is 6.